The minimum atomic E-state index is -0.266. The van der Waals surface area contributed by atoms with Crippen LogP contribution < -0.4 is 5.73 Å². The van der Waals surface area contributed by atoms with Gasteiger partial charge in [0.05, 0.1) is 6.10 Å². The number of rotatable bonds is 4. The summed E-state index contributed by atoms with van der Waals surface area (Å²) in [5.74, 6) is 1.80. The molecule has 1 aromatic heterocycles. The number of aliphatic hydroxyl groups is 1. The number of anilines is 1. The van der Waals surface area contributed by atoms with Crippen molar-refractivity contribution in [3.8, 4) is 0 Å². The van der Waals surface area contributed by atoms with Crippen LogP contribution in [0.5, 0.6) is 0 Å². The van der Waals surface area contributed by atoms with Crippen LogP contribution in [0.15, 0.2) is 18.3 Å². The van der Waals surface area contributed by atoms with Gasteiger partial charge in [0.1, 0.15) is 5.82 Å². The zero-order valence-electron chi connectivity index (χ0n) is 10.5. The first-order chi connectivity index (χ1) is 8.20. The molecule has 94 valence electrons. The molecule has 3 unspecified atom stereocenters. The summed E-state index contributed by atoms with van der Waals surface area (Å²) in [5, 5.41) is 10.3. The normalized spacial score (nSPS) is 26.0. The molecule has 1 heterocycles. The molecule has 1 saturated carbocycles. The van der Waals surface area contributed by atoms with E-state index in [1.54, 1.807) is 6.20 Å². The summed E-state index contributed by atoms with van der Waals surface area (Å²) in [6.07, 6.45) is 6.88. The van der Waals surface area contributed by atoms with E-state index in [1.165, 1.54) is 12.8 Å². The van der Waals surface area contributed by atoms with Crippen LogP contribution in [0.25, 0.3) is 0 Å². The van der Waals surface area contributed by atoms with Crippen LogP contribution in [0.4, 0.5) is 5.82 Å². The zero-order chi connectivity index (χ0) is 12.3. The second kappa shape index (κ2) is 5.50. The van der Waals surface area contributed by atoms with E-state index in [2.05, 4.69) is 11.9 Å². The summed E-state index contributed by atoms with van der Waals surface area (Å²) in [6.45, 7) is 2.23. The fourth-order valence-corrected chi connectivity index (χ4v) is 2.85. The Bertz CT molecular complexity index is 367. The quantitative estimate of drug-likeness (QED) is 0.841. The van der Waals surface area contributed by atoms with Crippen molar-refractivity contribution in [2.24, 2.45) is 11.8 Å². The van der Waals surface area contributed by atoms with E-state index in [9.17, 15) is 5.11 Å². The maximum absolute atomic E-state index is 10.3. The molecule has 1 aliphatic carbocycles. The van der Waals surface area contributed by atoms with Gasteiger partial charge >= 0.3 is 0 Å². The molecule has 3 heteroatoms. The van der Waals surface area contributed by atoms with E-state index >= 15 is 0 Å². The fourth-order valence-electron chi connectivity index (χ4n) is 2.85. The molecule has 0 aliphatic heterocycles. The molecule has 17 heavy (non-hydrogen) atoms. The lowest BCUT2D eigenvalue weighted by Gasteiger charge is -2.18. The molecule has 0 spiro atoms. The summed E-state index contributed by atoms with van der Waals surface area (Å²) in [5.41, 5.74) is 6.77. The number of aliphatic hydroxyl groups excluding tert-OH is 1. The predicted octanol–water partition coefficient (Wildman–Crippen LogP) is 2.39. The zero-order valence-corrected chi connectivity index (χ0v) is 10.5. The first-order valence-corrected chi connectivity index (χ1v) is 6.58. The molecular formula is C14H22N2O. The Labute approximate surface area is 103 Å². The van der Waals surface area contributed by atoms with E-state index in [0.29, 0.717) is 18.2 Å². The Morgan fingerprint density at radius 1 is 1.53 bits per heavy atom. The van der Waals surface area contributed by atoms with E-state index in [1.807, 2.05) is 12.1 Å². The van der Waals surface area contributed by atoms with E-state index in [0.717, 1.165) is 24.3 Å². The highest BCUT2D eigenvalue weighted by molar-refractivity contribution is 5.38. The lowest BCUT2D eigenvalue weighted by molar-refractivity contribution is 0.108. The van der Waals surface area contributed by atoms with Crippen molar-refractivity contribution >= 4 is 5.82 Å². The molecule has 3 nitrogen and oxygen atoms in total. The van der Waals surface area contributed by atoms with Gasteiger partial charge in [-0.05, 0) is 36.3 Å². The second-order valence-electron chi connectivity index (χ2n) is 5.17. The Balaban J connectivity index is 1.94. The SMILES string of the molecule is CCC1CCC(C(O)Cc2cccnc2N)C1. The number of nitrogens with zero attached hydrogens (tertiary/aromatic N) is 1. The van der Waals surface area contributed by atoms with Crippen molar-refractivity contribution in [1.82, 2.24) is 4.98 Å². The number of nitrogens with two attached hydrogens (primary N) is 1. The van der Waals surface area contributed by atoms with Gasteiger partial charge in [-0.25, -0.2) is 4.98 Å². The number of hydrogen-bond acceptors (Lipinski definition) is 3. The van der Waals surface area contributed by atoms with Gasteiger partial charge in [-0.3, -0.25) is 0 Å². The summed E-state index contributed by atoms with van der Waals surface area (Å²) < 4.78 is 0. The van der Waals surface area contributed by atoms with Gasteiger partial charge in [0.25, 0.3) is 0 Å². The largest absolute Gasteiger partial charge is 0.392 e. The highest BCUT2D eigenvalue weighted by Crippen LogP contribution is 2.35. The van der Waals surface area contributed by atoms with Crippen LogP contribution in [0.1, 0.15) is 38.2 Å². The Hall–Kier alpha value is -1.09. The smallest absolute Gasteiger partial charge is 0.126 e. The molecule has 0 radical (unpaired) electrons. The van der Waals surface area contributed by atoms with Crippen LogP contribution in [-0.2, 0) is 6.42 Å². The molecular weight excluding hydrogens is 212 g/mol. The molecule has 0 aromatic carbocycles. The van der Waals surface area contributed by atoms with Crippen molar-refractivity contribution < 1.29 is 5.11 Å². The monoisotopic (exact) mass is 234 g/mol. The average Bonchev–Trinajstić information content (AvgIpc) is 2.81. The molecule has 2 rings (SSSR count). The minimum Gasteiger partial charge on any atom is -0.392 e. The van der Waals surface area contributed by atoms with Crippen molar-refractivity contribution in [2.75, 3.05) is 5.73 Å². The van der Waals surface area contributed by atoms with Crippen LogP contribution >= 0.6 is 0 Å². The Morgan fingerprint density at radius 3 is 3.00 bits per heavy atom. The number of hydrogen-bond donors (Lipinski definition) is 2. The van der Waals surface area contributed by atoms with Gasteiger partial charge in [-0.1, -0.05) is 25.8 Å². The Kier molecular flexibility index (Phi) is 4.00. The molecule has 3 atom stereocenters. The number of nitrogen functional groups attached to an aromatic ring is 1. The third-order valence-corrected chi connectivity index (χ3v) is 4.06. The highest BCUT2D eigenvalue weighted by Gasteiger charge is 2.29. The lowest BCUT2D eigenvalue weighted by atomic mass is 9.93. The maximum Gasteiger partial charge on any atom is 0.126 e. The van der Waals surface area contributed by atoms with Gasteiger partial charge in [0.2, 0.25) is 0 Å². The van der Waals surface area contributed by atoms with Gasteiger partial charge in [0, 0.05) is 12.6 Å². The summed E-state index contributed by atoms with van der Waals surface area (Å²) in [4.78, 5) is 4.06. The molecule has 1 aromatic rings. The van der Waals surface area contributed by atoms with Crippen molar-refractivity contribution in [2.45, 2.75) is 45.1 Å². The average molecular weight is 234 g/mol. The minimum absolute atomic E-state index is 0.266. The van der Waals surface area contributed by atoms with Crippen LogP contribution in [-0.4, -0.2) is 16.2 Å². The maximum atomic E-state index is 10.3. The highest BCUT2D eigenvalue weighted by atomic mass is 16.3. The summed E-state index contributed by atoms with van der Waals surface area (Å²) in [7, 11) is 0. The first kappa shape index (κ1) is 12.4. The topological polar surface area (TPSA) is 59.1 Å². The van der Waals surface area contributed by atoms with Crippen LogP contribution in [0, 0.1) is 11.8 Å². The van der Waals surface area contributed by atoms with Crippen LogP contribution in [0.2, 0.25) is 0 Å². The third-order valence-electron chi connectivity index (χ3n) is 4.06. The predicted molar refractivity (Wildman–Crippen MR) is 69.5 cm³/mol. The van der Waals surface area contributed by atoms with Crippen molar-refractivity contribution in [1.29, 1.82) is 0 Å². The number of pyridine rings is 1. The third kappa shape index (κ3) is 2.97. The number of aromatic nitrogens is 1. The standard InChI is InChI=1S/C14H22N2O/c1-2-10-5-6-11(8-10)13(17)9-12-4-3-7-16-14(12)15/h3-4,7,10-11,13,17H,2,5-6,8-9H2,1H3,(H2,15,16). The lowest BCUT2D eigenvalue weighted by Crippen LogP contribution is -2.21. The van der Waals surface area contributed by atoms with Gasteiger partial charge in [0.15, 0.2) is 0 Å². The Morgan fingerprint density at radius 2 is 2.35 bits per heavy atom. The van der Waals surface area contributed by atoms with Gasteiger partial charge in [-0.15, -0.1) is 0 Å². The summed E-state index contributed by atoms with van der Waals surface area (Å²) >= 11 is 0. The molecule has 3 N–H and O–H groups in total. The molecule has 0 amide bonds. The van der Waals surface area contributed by atoms with E-state index < -0.39 is 0 Å². The van der Waals surface area contributed by atoms with Crippen LogP contribution in [0.3, 0.4) is 0 Å². The van der Waals surface area contributed by atoms with Gasteiger partial charge in [-0.2, -0.15) is 0 Å². The second-order valence-corrected chi connectivity index (χ2v) is 5.17. The molecule has 0 saturated heterocycles. The fraction of sp³-hybridized carbons (Fsp3) is 0.643. The molecule has 1 aliphatic rings. The van der Waals surface area contributed by atoms with Crippen molar-refractivity contribution in [3.05, 3.63) is 23.9 Å². The summed E-state index contributed by atoms with van der Waals surface area (Å²) in [6, 6.07) is 3.83. The first-order valence-electron chi connectivity index (χ1n) is 6.58. The van der Waals surface area contributed by atoms with E-state index in [4.69, 9.17) is 5.73 Å². The molecule has 1 fully saturated rings. The van der Waals surface area contributed by atoms with Crippen molar-refractivity contribution in [3.63, 3.8) is 0 Å². The van der Waals surface area contributed by atoms with E-state index in [-0.39, 0.29) is 6.10 Å². The van der Waals surface area contributed by atoms with Gasteiger partial charge < -0.3 is 10.8 Å². The molecule has 0 bridgehead atoms.